The van der Waals surface area contributed by atoms with Crippen molar-refractivity contribution in [3.05, 3.63) is 69.4 Å². The lowest BCUT2D eigenvalue weighted by Crippen LogP contribution is -2.30. The van der Waals surface area contributed by atoms with Crippen LogP contribution in [-0.4, -0.2) is 34.5 Å². The second-order valence-electron chi connectivity index (χ2n) is 8.04. The molecule has 4 nitrogen and oxygen atoms in total. The number of nitrogens with one attached hydrogen (secondary N) is 1. The Morgan fingerprint density at radius 3 is 2.85 bits per heavy atom. The van der Waals surface area contributed by atoms with Gasteiger partial charge in [0.1, 0.15) is 5.82 Å². The summed E-state index contributed by atoms with van der Waals surface area (Å²) in [6, 6.07) is 10.7. The van der Waals surface area contributed by atoms with Crippen LogP contribution in [0.3, 0.4) is 0 Å². The van der Waals surface area contributed by atoms with E-state index < -0.39 is 0 Å². The predicted octanol–water partition coefficient (Wildman–Crippen LogP) is 3.62. The Balaban J connectivity index is 1.30. The molecule has 0 saturated carbocycles. The van der Waals surface area contributed by atoms with Crippen molar-refractivity contribution >= 4 is 5.57 Å². The molecular formula is C23H29N3O. The van der Waals surface area contributed by atoms with Crippen LogP contribution in [0.15, 0.2) is 41.2 Å². The quantitative estimate of drug-likeness (QED) is 0.883. The van der Waals surface area contributed by atoms with E-state index in [1.165, 1.54) is 11.1 Å². The van der Waals surface area contributed by atoms with Crippen LogP contribution in [0.1, 0.15) is 48.8 Å². The molecule has 4 rings (SSSR count). The van der Waals surface area contributed by atoms with Crippen LogP contribution in [-0.2, 0) is 19.3 Å². The number of benzene rings is 1. The summed E-state index contributed by atoms with van der Waals surface area (Å²) in [4.78, 5) is 22.6. The normalized spacial score (nSPS) is 20.2. The molecule has 1 N–H and O–H groups in total. The van der Waals surface area contributed by atoms with Crippen molar-refractivity contribution in [2.75, 3.05) is 19.6 Å². The Labute approximate surface area is 161 Å². The summed E-state index contributed by atoms with van der Waals surface area (Å²) < 4.78 is 0. The van der Waals surface area contributed by atoms with Crippen LogP contribution < -0.4 is 5.56 Å². The summed E-state index contributed by atoms with van der Waals surface area (Å²) in [7, 11) is 0. The summed E-state index contributed by atoms with van der Waals surface area (Å²) in [6.45, 7) is 5.38. The van der Waals surface area contributed by atoms with E-state index in [9.17, 15) is 4.79 Å². The lowest BCUT2D eigenvalue weighted by atomic mass is 9.88. The van der Waals surface area contributed by atoms with E-state index in [0.29, 0.717) is 5.92 Å². The third-order valence-electron chi connectivity index (χ3n) is 5.90. The SMILES string of the molecule is CC1CCc2nc(CCCN3CC=C(c4ccccc4)CC3)[nH]c(=O)c2C1. The number of aromatic nitrogens is 2. The third-order valence-corrected chi connectivity index (χ3v) is 5.90. The van der Waals surface area contributed by atoms with E-state index in [-0.39, 0.29) is 5.56 Å². The standard InChI is InChI=1S/C23H29N3O/c1-17-9-10-21-20(16-17)23(27)25-22(24-21)8-5-13-26-14-11-19(12-15-26)18-6-3-2-4-7-18/h2-4,6-7,11,17H,5,8-10,12-16H2,1H3,(H,24,25,27). The lowest BCUT2D eigenvalue weighted by molar-refractivity contribution is 0.297. The van der Waals surface area contributed by atoms with Gasteiger partial charge in [0.05, 0.1) is 5.69 Å². The van der Waals surface area contributed by atoms with Gasteiger partial charge in [0.15, 0.2) is 0 Å². The van der Waals surface area contributed by atoms with Gasteiger partial charge in [-0.1, -0.05) is 43.3 Å². The van der Waals surface area contributed by atoms with Gasteiger partial charge in [-0.3, -0.25) is 9.69 Å². The molecule has 2 heterocycles. The van der Waals surface area contributed by atoms with Crippen molar-refractivity contribution in [3.63, 3.8) is 0 Å². The Morgan fingerprint density at radius 1 is 1.22 bits per heavy atom. The molecule has 2 aliphatic rings. The van der Waals surface area contributed by atoms with Crippen molar-refractivity contribution in [2.24, 2.45) is 5.92 Å². The van der Waals surface area contributed by atoms with Crippen molar-refractivity contribution < 1.29 is 0 Å². The maximum atomic E-state index is 12.4. The molecule has 0 amide bonds. The molecule has 0 fully saturated rings. The van der Waals surface area contributed by atoms with E-state index in [4.69, 9.17) is 4.98 Å². The van der Waals surface area contributed by atoms with Gasteiger partial charge in [-0.25, -0.2) is 4.98 Å². The lowest BCUT2D eigenvalue weighted by Gasteiger charge is -2.26. The first-order chi connectivity index (χ1) is 13.2. The molecule has 2 aromatic rings. The summed E-state index contributed by atoms with van der Waals surface area (Å²) in [5.41, 5.74) is 4.87. The number of hydrogen-bond donors (Lipinski definition) is 1. The average molecular weight is 364 g/mol. The zero-order chi connectivity index (χ0) is 18.6. The summed E-state index contributed by atoms with van der Waals surface area (Å²) in [5.74, 6) is 1.46. The van der Waals surface area contributed by atoms with E-state index in [1.807, 2.05) is 0 Å². The van der Waals surface area contributed by atoms with E-state index in [2.05, 4.69) is 53.2 Å². The van der Waals surface area contributed by atoms with Crippen molar-refractivity contribution in [2.45, 2.75) is 45.4 Å². The van der Waals surface area contributed by atoms with E-state index >= 15 is 0 Å². The number of aromatic amines is 1. The van der Waals surface area contributed by atoms with Gasteiger partial charge in [-0.05, 0) is 55.7 Å². The molecule has 1 atom stereocenters. The number of H-pyrrole nitrogens is 1. The van der Waals surface area contributed by atoms with Crippen LogP contribution in [0.4, 0.5) is 0 Å². The first-order valence-electron chi connectivity index (χ1n) is 10.3. The van der Waals surface area contributed by atoms with Crippen LogP contribution in [0, 0.1) is 5.92 Å². The minimum Gasteiger partial charge on any atom is -0.310 e. The molecule has 4 heteroatoms. The fourth-order valence-corrected chi connectivity index (χ4v) is 4.26. The summed E-state index contributed by atoms with van der Waals surface area (Å²) >= 11 is 0. The summed E-state index contributed by atoms with van der Waals surface area (Å²) in [6.07, 6.45) is 8.33. The molecule has 27 heavy (non-hydrogen) atoms. The molecule has 1 aromatic heterocycles. The average Bonchev–Trinajstić information content (AvgIpc) is 2.70. The fourth-order valence-electron chi connectivity index (χ4n) is 4.26. The highest BCUT2D eigenvalue weighted by Gasteiger charge is 2.20. The molecule has 1 aliphatic heterocycles. The Hall–Kier alpha value is -2.20. The van der Waals surface area contributed by atoms with E-state index in [1.54, 1.807) is 0 Å². The van der Waals surface area contributed by atoms with Gasteiger partial charge in [0.2, 0.25) is 0 Å². The molecule has 1 unspecified atom stereocenters. The smallest absolute Gasteiger partial charge is 0.254 e. The number of rotatable bonds is 5. The maximum Gasteiger partial charge on any atom is 0.254 e. The van der Waals surface area contributed by atoms with Gasteiger partial charge >= 0.3 is 0 Å². The van der Waals surface area contributed by atoms with E-state index in [0.717, 1.165) is 75.2 Å². The van der Waals surface area contributed by atoms with Gasteiger partial charge in [-0.15, -0.1) is 0 Å². The predicted molar refractivity (Wildman–Crippen MR) is 110 cm³/mol. The van der Waals surface area contributed by atoms with Gasteiger partial charge in [0.25, 0.3) is 5.56 Å². The largest absolute Gasteiger partial charge is 0.310 e. The Morgan fingerprint density at radius 2 is 2.07 bits per heavy atom. The maximum absolute atomic E-state index is 12.4. The monoisotopic (exact) mass is 363 g/mol. The van der Waals surface area contributed by atoms with Gasteiger partial charge in [0, 0.05) is 25.1 Å². The number of fused-ring (bicyclic) bond motifs is 1. The topological polar surface area (TPSA) is 49.0 Å². The van der Waals surface area contributed by atoms with Crippen molar-refractivity contribution in [1.82, 2.24) is 14.9 Å². The molecule has 1 aromatic carbocycles. The number of nitrogens with zero attached hydrogens (tertiary/aromatic N) is 2. The van der Waals surface area contributed by atoms with Gasteiger partial charge < -0.3 is 4.98 Å². The fraction of sp³-hybridized carbons (Fsp3) is 0.478. The van der Waals surface area contributed by atoms with Crippen LogP contribution in [0.2, 0.25) is 0 Å². The molecule has 0 saturated heterocycles. The van der Waals surface area contributed by atoms with Crippen LogP contribution in [0.5, 0.6) is 0 Å². The molecule has 142 valence electrons. The Kier molecular flexibility index (Phi) is 5.53. The highest BCUT2D eigenvalue weighted by atomic mass is 16.1. The second kappa shape index (κ2) is 8.22. The minimum atomic E-state index is 0.0926. The van der Waals surface area contributed by atoms with Crippen molar-refractivity contribution in [3.8, 4) is 0 Å². The van der Waals surface area contributed by atoms with Crippen LogP contribution >= 0.6 is 0 Å². The Bertz CT molecular complexity index is 869. The van der Waals surface area contributed by atoms with Crippen LogP contribution in [0.25, 0.3) is 5.57 Å². The first-order valence-corrected chi connectivity index (χ1v) is 10.3. The zero-order valence-electron chi connectivity index (χ0n) is 16.2. The number of hydrogen-bond acceptors (Lipinski definition) is 3. The first kappa shape index (κ1) is 18.2. The minimum absolute atomic E-state index is 0.0926. The highest BCUT2D eigenvalue weighted by Crippen LogP contribution is 2.23. The van der Waals surface area contributed by atoms with Gasteiger partial charge in [-0.2, -0.15) is 0 Å². The molecule has 1 aliphatic carbocycles. The molecule has 0 bridgehead atoms. The number of aryl methyl sites for hydroxylation is 2. The summed E-state index contributed by atoms with van der Waals surface area (Å²) in [5, 5.41) is 0. The second-order valence-corrected chi connectivity index (χ2v) is 8.04. The molecule has 0 radical (unpaired) electrons. The molecule has 0 spiro atoms. The molecular weight excluding hydrogens is 334 g/mol. The third kappa shape index (κ3) is 4.38. The highest BCUT2D eigenvalue weighted by molar-refractivity contribution is 5.66. The zero-order valence-corrected chi connectivity index (χ0v) is 16.2. The van der Waals surface area contributed by atoms with Crippen molar-refractivity contribution in [1.29, 1.82) is 0 Å².